The molecule has 4 rings (SSSR count). The number of pyridine rings is 1. The number of nitrogens with two attached hydrogens (primary N) is 1. The van der Waals surface area contributed by atoms with E-state index in [1.165, 1.54) is 12.8 Å². The van der Waals surface area contributed by atoms with E-state index in [-0.39, 0.29) is 0 Å². The molecule has 0 radical (unpaired) electrons. The second-order valence-corrected chi connectivity index (χ2v) is 7.38. The van der Waals surface area contributed by atoms with Crippen LogP contribution in [0.5, 0.6) is 0 Å². The first kappa shape index (κ1) is 17.0. The normalized spacial score (nSPS) is 16.6. The number of nitrogens with zero attached hydrogens (tertiary/aromatic N) is 4. The molecular formula is C20H26N6. The first-order valence-corrected chi connectivity index (χ1v) is 9.18. The van der Waals surface area contributed by atoms with Gasteiger partial charge in [-0.05, 0) is 58.2 Å². The number of hydrogen-bond acceptors (Lipinski definition) is 5. The van der Waals surface area contributed by atoms with Crippen molar-refractivity contribution in [1.29, 1.82) is 0 Å². The van der Waals surface area contributed by atoms with Gasteiger partial charge in [0.25, 0.3) is 0 Å². The van der Waals surface area contributed by atoms with Crippen molar-refractivity contribution in [3.63, 3.8) is 0 Å². The number of hydrogen-bond donors (Lipinski definition) is 2. The van der Waals surface area contributed by atoms with Crippen LogP contribution in [0.1, 0.15) is 18.4 Å². The minimum Gasteiger partial charge on any atom is -0.383 e. The first-order chi connectivity index (χ1) is 12.6. The summed E-state index contributed by atoms with van der Waals surface area (Å²) in [5.41, 5.74) is 10.4. The predicted octanol–water partition coefficient (Wildman–Crippen LogP) is 2.73. The van der Waals surface area contributed by atoms with Crippen molar-refractivity contribution in [2.75, 3.05) is 32.9 Å². The Balaban J connectivity index is 1.53. The van der Waals surface area contributed by atoms with E-state index < -0.39 is 0 Å². The summed E-state index contributed by atoms with van der Waals surface area (Å²) in [6, 6.07) is 11.1. The van der Waals surface area contributed by atoms with Gasteiger partial charge in [0.15, 0.2) is 0 Å². The molecule has 6 heteroatoms. The Morgan fingerprint density at radius 3 is 2.69 bits per heavy atom. The molecule has 0 spiro atoms. The molecule has 0 aliphatic carbocycles. The fourth-order valence-corrected chi connectivity index (χ4v) is 3.77. The summed E-state index contributed by atoms with van der Waals surface area (Å²) in [4.78, 5) is 9.48. The van der Waals surface area contributed by atoms with Crippen LogP contribution in [0.15, 0.2) is 36.5 Å². The smallest absolute Gasteiger partial charge is 0.128 e. The minimum absolute atomic E-state index is 0.633. The zero-order chi connectivity index (χ0) is 18.1. The van der Waals surface area contributed by atoms with Crippen LogP contribution >= 0.6 is 0 Å². The van der Waals surface area contributed by atoms with Crippen LogP contribution in [-0.2, 0) is 6.54 Å². The molecule has 3 aromatic rings. The summed E-state index contributed by atoms with van der Waals surface area (Å²) < 4.78 is 0. The first-order valence-electron chi connectivity index (χ1n) is 9.18. The van der Waals surface area contributed by atoms with E-state index in [1.54, 1.807) is 6.20 Å². The summed E-state index contributed by atoms with van der Waals surface area (Å²) in [5, 5.41) is 8.13. The molecule has 1 saturated heterocycles. The van der Waals surface area contributed by atoms with Gasteiger partial charge in [0.05, 0.1) is 11.2 Å². The van der Waals surface area contributed by atoms with E-state index in [0.29, 0.717) is 11.9 Å². The maximum Gasteiger partial charge on any atom is 0.128 e. The number of aromatic nitrogens is 3. The van der Waals surface area contributed by atoms with Crippen LogP contribution in [0.3, 0.4) is 0 Å². The van der Waals surface area contributed by atoms with Crippen LogP contribution in [-0.4, -0.2) is 58.2 Å². The molecule has 0 atom stereocenters. The lowest BCUT2D eigenvalue weighted by Gasteiger charge is -2.35. The summed E-state index contributed by atoms with van der Waals surface area (Å²) >= 11 is 0. The van der Waals surface area contributed by atoms with Gasteiger partial charge in [-0.1, -0.05) is 12.1 Å². The highest BCUT2D eigenvalue weighted by atomic mass is 15.2. The van der Waals surface area contributed by atoms with E-state index >= 15 is 0 Å². The number of piperidine rings is 1. The second kappa shape index (κ2) is 7.05. The third-order valence-electron chi connectivity index (χ3n) is 5.42. The molecule has 6 nitrogen and oxygen atoms in total. The van der Waals surface area contributed by atoms with Crippen molar-refractivity contribution in [2.45, 2.75) is 25.4 Å². The molecular weight excluding hydrogens is 324 g/mol. The third-order valence-corrected chi connectivity index (χ3v) is 5.42. The Morgan fingerprint density at radius 1 is 1.19 bits per heavy atom. The lowest BCUT2D eigenvalue weighted by molar-refractivity contribution is 0.140. The Hall–Kier alpha value is -2.44. The largest absolute Gasteiger partial charge is 0.383 e. The van der Waals surface area contributed by atoms with Gasteiger partial charge in [-0.2, -0.15) is 5.10 Å². The second-order valence-electron chi connectivity index (χ2n) is 7.38. The highest BCUT2D eigenvalue weighted by Gasteiger charge is 2.21. The van der Waals surface area contributed by atoms with E-state index in [2.05, 4.69) is 63.3 Å². The molecule has 1 aliphatic heterocycles. The third kappa shape index (κ3) is 3.43. The Kier molecular flexibility index (Phi) is 4.61. The van der Waals surface area contributed by atoms with Crippen LogP contribution in [0.2, 0.25) is 0 Å². The number of rotatable bonds is 4. The van der Waals surface area contributed by atoms with Crippen LogP contribution < -0.4 is 5.73 Å². The van der Waals surface area contributed by atoms with Crippen LogP contribution in [0.4, 0.5) is 5.82 Å². The van der Waals surface area contributed by atoms with Gasteiger partial charge >= 0.3 is 0 Å². The van der Waals surface area contributed by atoms with Crippen molar-refractivity contribution in [1.82, 2.24) is 25.0 Å². The molecule has 0 bridgehead atoms. The Labute approximate surface area is 154 Å². The van der Waals surface area contributed by atoms with E-state index in [1.807, 2.05) is 6.07 Å². The number of nitrogens with one attached hydrogen (secondary N) is 1. The fourth-order valence-electron chi connectivity index (χ4n) is 3.77. The number of anilines is 1. The fraction of sp³-hybridized carbons (Fsp3) is 0.400. The van der Waals surface area contributed by atoms with Crippen molar-refractivity contribution in [3.05, 3.63) is 42.1 Å². The predicted molar refractivity (Wildman–Crippen MR) is 106 cm³/mol. The molecule has 3 N–H and O–H groups in total. The Bertz CT molecular complexity index is 879. The molecule has 136 valence electrons. The van der Waals surface area contributed by atoms with Crippen LogP contribution in [0.25, 0.3) is 22.2 Å². The van der Waals surface area contributed by atoms with Crippen molar-refractivity contribution in [2.24, 2.45) is 0 Å². The van der Waals surface area contributed by atoms with Gasteiger partial charge in [0.1, 0.15) is 5.82 Å². The van der Waals surface area contributed by atoms with E-state index in [0.717, 1.165) is 47.4 Å². The number of nitrogen functional groups attached to an aromatic ring is 1. The number of H-pyrrole nitrogens is 1. The summed E-state index contributed by atoms with van der Waals surface area (Å²) in [6.45, 7) is 3.09. The topological polar surface area (TPSA) is 74.1 Å². The average molecular weight is 350 g/mol. The molecule has 0 saturated carbocycles. The van der Waals surface area contributed by atoms with Gasteiger partial charge in [0.2, 0.25) is 0 Å². The zero-order valence-electron chi connectivity index (χ0n) is 15.4. The molecule has 26 heavy (non-hydrogen) atoms. The molecule has 3 heterocycles. The summed E-state index contributed by atoms with van der Waals surface area (Å²) in [6.07, 6.45) is 4.17. The van der Waals surface area contributed by atoms with Crippen molar-refractivity contribution >= 4 is 16.7 Å². The molecule has 0 unspecified atom stereocenters. The molecule has 1 aliphatic rings. The van der Waals surface area contributed by atoms with Gasteiger partial charge in [-0.3, -0.25) is 10.00 Å². The molecule has 1 fully saturated rings. The maximum absolute atomic E-state index is 6.28. The van der Waals surface area contributed by atoms with Gasteiger partial charge in [-0.25, -0.2) is 4.98 Å². The lowest BCUT2D eigenvalue weighted by atomic mass is 10.0. The quantitative estimate of drug-likeness (QED) is 0.757. The maximum atomic E-state index is 6.28. The van der Waals surface area contributed by atoms with Crippen molar-refractivity contribution in [3.8, 4) is 11.3 Å². The number of fused-ring (bicyclic) bond motifs is 1. The van der Waals surface area contributed by atoms with E-state index in [9.17, 15) is 0 Å². The van der Waals surface area contributed by atoms with E-state index in [4.69, 9.17) is 5.73 Å². The van der Waals surface area contributed by atoms with Gasteiger partial charge in [-0.15, -0.1) is 0 Å². The minimum atomic E-state index is 0.633. The summed E-state index contributed by atoms with van der Waals surface area (Å²) in [5.74, 6) is 0.633. The highest BCUT2D eigenvalue weighted by Crippen LogP contribution is 2.26. The standard InChI is InChI=1S/C20H26N6/c1-25(2)17-6-9-26(10-7-17)13-16-11-14-3-4-15(18-5-8-22-24-18)12-19(14)23-20(16)21/h3-5,8,11-12,17H,6-7,9-10,13H2,1-2H3,(H2,21,23)(H,22,24). The molecule has 2 aromatic heterocycles. The average Bonchev–Trinajstić information content (AvgIpc) is 3.17. The highest BCUT2D eigenvalue weighted by molar-refractivity contribution is 5.85. The van der Waals surface area contributed by atoms with Crippen LogP contribution in [0, 0.1) is 0 Å². The molecule has 1 aromatic carbocycles. The number of benzene rings is 1. The monoisotopic (exact) mass is 350 g/mol. The number of aromatic amines is 1. The Morgan fingerprint density at radius 2 is 2.00 bits per heavy atom. The zero-order valence-corrected chi connectivity index (χ0v) is 15.4. The van der Waals surface area contributed by atoms with Gasteiger partial charge in [0, 0.05) is 35.3 Å². The molecule has 0 amide bonds. The van der Waals surface area contributed by atoms with Crippen molar-refractivity contribution < 1.29 is 0 Å². The summed E-state index contributed by atoms with van der Waals surface area (Å²) in [7, 11) is 4.34. The van der Waals surface area contributed by atoms with Gasteiger partial charge < -0.3 is 10.6 Å². The number of likely N-dealkylation sites (tertiary alicyclic amines) is 1. The SMILES string of the molecule is CN(C)C1CCN(Cc2cc3ccc(-c4ccn[nH]4)cc3nc2N)CC1. The lowest BCUT2D eigenvalue weighted by Crippen LogP contribution is -2.41.